The van der Waals surface area contributed by atoms with E-state index in [2.05, 4.69) is 10.6 Å². The van der Waals surface area contributed by atoms with Crippen LogP contribution in [0.3, 0.4) is 0 Å². The van der Waals surface area contributed by atoms with Crippen LogP contribution in [0.25, 0.3) is 0 Å². The van der Waals surface area contributed by atoms with E-state index in [1.807, 2.05) is 6.92 Å². The Balaban J connectivity index is 2.15. The van der Waals surface area contributed by atoms with Crippen LogP contribution in [0.2, 0.25) is 0 Å². The summed E-state index contributed by atoms with van der Waals surface area (Å²) in [6.45, 7) is 2.38. The number of rotatable bonds is 9. The SMILES string of the molecule is CCCC(CNC(=O)CCNC(=O)C1CCCC1)C(=O)O. The molecule has 1 rings (SSSR count). The number of hydrogen-bond donors (Lipinski definition) is 3. The van der Waals surface area contributed by atoms with E-state index in [1.54, 1.807) is 0 Å². The fourth-order valence-electron chi connectivity index (χ4n) is 2.62. The second kappa shape index (κ2) is 9.37. The highest BCUT2D eigenvalue weighted by molar-refractivity contribution is 5.81. The van der Waals surface area contributed by atoms with Crippen molar-refractivity contribution in [2.24, 2.45) is 11.8 Å². The van der Waals surface area contributed by atoms with E-state index in [9.17, 15) is 14.4 Å². The minimum Gasteiger partial charge on any atom is -0.481 e. The molecule has 3 N–H and O–H groups in total. The van der Waals surface area contributed by atoms with Gasteiger partial charge >= 0.3 is 5.97 Å². The molecule has 0 bridgehead atoms. The first-order chi connectivity index (χ1) is 10.0. The number of carbonyl (C=O) groups is 3. The van der Waals surface area contributed by atoms with Gasteiger partial charge in [-0.1, -0.05) is 26.2 Å². The maximum absolute atomic E-state index is 11.7. The monoisotopic (exact) mass is 298 g/mol. The molecule has 0 radical (unpaired) electrons. The van der Waals surface area contributed by atoms with E-state index in [-0.39, 0.29) is 30.7 Å². The zero-order valence-electron chi connectivity index (χ0n) is 12.7. The van der Waals surface area contributed by atoms with Crippen molar-refractivity contribution >= 4 is 17.8 Å². The van der Waals surface area contributed by atoms with Gasteiger partial charge in [0.15, 0.2) is 0 Å². The number of aliphatic carboxylic acids is 1. The third kappa shape index (κ3) is 6.60. The lowest BCUT2D eigenvalue weighted by molar-refractivity contribution is -0.142. The summed E-state index contributed by atoms with van der Waals surface area (Å²) in [7, 11) is 0. The van der Waals surface area contributed by atoms with Crippen LogP contribution in [0.15, 0.2) is 0 Å². The molecule has 1 unspecified atom stereocenters. The number of nitrogens with one attached hydrogen (secondary N) is 2. The van der Waals surface area contributed by atoms with Crippen LogP contribution >= 0.6 is 0 Å². The molecule has 6 nitrogen and oxygen atoms in total. The quantitative estimate of drug-likeness (QED) is 0.598. The molecule has 1 atom stereocenters. The maximum atomic E-state index is 11.7. The number of amides is 2. The third-order valence-corrected chi connectivity index (χ3v) is 3.91. The Kier molecular flexibility index (Phi) is 7.79. The lowest BCUT2D eigenvalue weighted by Crippen LogP contribution is -2.36. The molecule has 21 heavy (non-hydrogen) atoms. The molecule has 1 fully saturated rings. The number of carboxylic acid groups (broad SMARTS) is 1. The summed E-state index contributed by atoms with van der Waals surface area (Å²) in [5.41, 5.74) is 0. The highest BCUT2D eigenvalue weighted by Crippen LogP contribution is 2.24. The van der Waals surface area contributed by atoms with E-state index in [1.165, 1.54) is 0 Å². The summed E-state index contributed by atoms with van der Waals surface area (Å²) in [6, 6.07) is 0. The van der Waals surface area contributed by atoms with Gasteiger partial charge in [-0.2, -0.15) is 0 Å². The summed E-state index contributed by atoms with van der Waals surface area (Å²) in [4.78, 5) is 34.3. The Morgan fingerprint density at radius 1 is 1.19 bits per heavy atom. The Bertz CT molecular complexity index is 365. The van der Waals surface area contributed by atoms with Crippen molar-refractivity contribution in [3.05, 3.63) is 0 Å². The second-order valence-electron chi connectivity index (χ2n) is 5.65. The molecule has 0 saturated heterocycles. The minimum absolute atomic E-state index is 0.0368. The maximum Gasteiger partial charge on any atom is 0.308 e. The molecule has 0 aliphatic heterocycles. The zero-order chi connectivity index (χ0) is 15.7. The van der Waals surface area contributed by atoms with Crippen LogP contribution < -0.4 is 10.6 Å². The predicted octanol–water partition coefficient (Wildman–Crippen LogP) is 1.30. The summed E-state index contributed by atoms with van der Waals surface area (Å²) in [5, 5.41) is 14.4. The Morgan fingerprint density at radius 2 is 1.86 bits per heavy atom. The molecule has 1 saturated carbocycles. The van der Waals surface area contributed by atoms with Crippen molar-refractivity contribution in [1.82, 2.24) is 10.6 Å². The molecule has 0 spiro atoms. The van der Waals surface area contributed by atoms with Crippen molar-refractivity contribution in [3.63, 3.8) is 0 Å². The van der Waals surface area contributed by atoms with Gasteiger partial charge in [0.05, 0.1) is 5.92 Å². The lowest BCUT2D eigenvalue weighted by Gasteiger charge is -2.13. The molecule has 2 amide bonds. The molecule has 0 aromatic rings. The van der Waals surface area contributed by atoms with Gasteiger partial charge in [-0.25, -0.2) is 0 Å². The van der Waals surface area contributed by atoms with Crippen molar-refractivity contribution in [1.29, 1.82) is 0 Å². The average Bonchev–Trinajstić information content (AvgIpc) is 2.97. The van der Waals surface area contributed by atoms with Gasteiger partial charge in [0.1, 0.15) is 0 Å². The first kappa shape index (κ1) is 17.5. The number of carboxylic acids is 1. The summed E-state index contributed by atoms with van der Waals surface area (Å²) >= 11 is 0. The van der Waals surface area contributed by atoms with Crippen molar-refractivity contribution in [2.75, 3.05) is 13.1 Å². The summed E-state index contributed by atoms with van der Waals surface area (Å²) < 4.78 is 0. The normalized spacial score (nSPS) is 16.4. The van der Waals surface area contributed by atoms with Crippen molar-refractivity contribution in [3.8, 4) is 0 Å². The first-order valence-electron chi connectivity index (χ1n) is 7.81. The average molecular weight is 298 g/mol. The fourth-order valence-corrected chi connectivity index (χ4v) is 2.62. The van der Waals surface area contributed by atoms with Crippen LogP contribution in [-0.2, 0) is 14.4 Å². The highest BCUT2D eigenvalue weighted by Gasteiger charge is 2.22. The summed E-state index contributed by atoms with van der Waals surface area (Å²) in [6.07, 6.45) is 5.60. The Hall–Kier alpha value is -1.59. The van der Waals surface area contributed by atoms with E-state index >= 15 is 0 Å². The minimum atomic E-state index is -0.883. The van der Waals surface area contributed by atoms with Crippen molar-refractivity contribution < 1.29 is 19.5 Å². The predicted molar refractivity (Wildman–Crippen MR) is 78.6 cm³/mol. The van der Waals surface area contributed by atoms with Crippen LogP contribution in [0.5, 0.6) is 0 Å². The fraction of sp³-hybridized carbons (Fsp3) is 0.800. The van der Waals surface area contributed by atoms with Gasteiger partial charge in [0, 0.05) is 25.4 Å². The Labute approximate surface area is 125 Å². The van der Waals surface area contributed by atoms with Crippen LogP contribution in [0.1, 0.15) is 51.9 Å². The molecular formula is C15H26N2O4. The number of hydrogen-bond acceptors (Lipinski definition) is 3. The molecule has 0 heterocycles. The number of carbonyl (C=O) groups excluding carboxylic acids is 2. The van der Waals surface area contributed by atoms with Crippen LogP contribution in [0, 0.1) is 11.8 Å². The van der Waals surface area contributed by atoms with E-state index in [0.717, 1.165) is 32.1 Å². The Morgan fingerprint density at radius 3 is 2.43 bits per heavy atom. The molecule has 0 aromatic carbocycles. The largest absolute Gasteiger partial charge is 0.481 e. The first-order valence-corrected chi connectivity index (χ1v) is 7.81. The van der Waals surface area contributed by atoms with Gasteiger partial charge in [0.2, 0.25) is 11.8 Å². The van der Waals surface area contributed by atoms with Gasteiger partial charge in [-0.3, -0.25) is 14.4 Å². The van der Waals surface area contributed by atoms with Crippen LogP contribution in [-0.4, -0.2) is 36.0 Å². The third-order valence-electron chi connectivity index (χ3n) is 3.91. The smallest absolute Gasteiger partial charge is 0.308 e. The van der Waals surface area contributed by atoms with E-state index in [4.69, 9.17) is 5.11 Å². The molecule has 120 valence electrons. The van der Waals surface area contributed by atoms with Gasteiger partial charge in [-0.05, 0) is 19.3 Å². The van der Waals surface area contributed by atoms with Gasteiger partial charge < -0.3 is 15.7 Å². The van der Waals surface area contributed by atoms with Crippen molar-refractivity contribution in [2.45, 2.75) is 51.9 Å². The van der Waals surface area contributed by atoms with Crippen LogP contribution in [0.4, 0.5) is 0 Å². The van der Waals surface area contributed by atoms with E-state index < -0.39 is 11.9 Å². The lowest BCUT2D eigenvalue weighted by atomic mass is 10.0. The molecule has 0 aromatic heterocycles. The molecule has 1 aliphatic carbocycles. The summed E-state index contributed by atoms with van der Waals surface area (Å²) in [5.74, 6) is -1.49. The van der Waals surface area contributed by atoms with Gasteiger partial charge in [-0.15, -0.1) is 0 Å². The standard InChI is InChI=1S/C15H26N2O4/c1-2-5-12(15(20)21)10-17-13(18)8-9-16-14(19)11-6-3-4-7-11/h11-12H,2-10H2,1H3,(H,16,19)(H,17,18)(H,20,21). The van der Waals surface area contributed by atoms with E-state index in [0.29, 0.717) is 13.0 Å². The second-order valence-corrected chi connectivity index (χ2v) is 5.65. The molecular weight excluding hydrogens is 272 g/mol. The molecule has 6 heteroatoms. The zero-order valence-corrected chi connectivity index (χ0v) is 12.7. The molecule has 1 aliphatic rings. The van der Waals surface area contributed by atoms with Gasteiger partial charge in [0.25, 0.3) is 0 Å². The highest BCUT2D eigenvalue weighted by atomic mass is 16.4. The topological polar surface area (TPSA) is 95.5 Å².